The first-order valence-corrected chi connectivity index (χ1v) is 14.3. The average Bonchev–Trinajstić information content (AvgIpc) is 3.57. The summed E-state index contributed by atoms with van der Waals surface area (Å²) in [5.74, 6) is 1.51. The largest absolute Gasteiger partial charge is 0.489 e. The maximum absolute atomic E-state index is 15.1. The molecule has 2 aromatic heterocycles. The quantitative estimate of drug-likeness (QED) is 0.191. The van der Waals surface area contributed by atoms with E-state index in [1.165, 1.54) is 13.8 Å². The van der Waals surface area contributed by atoms with Gasteiger partial charge in [-0.2, -0.15) is 5.26 Å². The lowest BCUT2D eigenvalue weighted by Gasteiger charge is -2.31. The fourth-order valence-corrected chi connectivity index (χ4v) is 6.28. The van der Waals surface area contributed by atoms with Crippen LogP contribution in [0.1, 0.15) is 48.3 Å². The SMILES string of the molecule is COCC1(c2ccc(OCc3c(-c4c(Cl)cccc4Cl)noc3C(C)(C)F)cc2C)CCN(c2ccc(C#N)cn2)C1. The molecule has 5 rings (SSSR count). The molecule has 10 heteroatoms. The second-order valence-electron chi connectivity index (χ2n) is 11.1. The number of pyridine rings is 1. The third kappa shape index (κ3) is 5.82. The zero-order valence-electron chi connectivity index (χ0n) is 23.9. The first-order valence-electron chi connectivity index (χ1n) is 13.5. The number of ether oxygens (including phenoxy) is 2. The molecule has 1 aliphatic rings. The molecule has 2 aromatic carbocycles. The summed E-state index contributed by atoms with van der Waals surface area (Å²) in [6.07, 6.45) is 2.47. The summed E-state index contributed by atoms with van der Waals surface area (Å²) in [6.45, 7) is 6.93. The second kappa shape index (κ2) is 11.9. The number of halogens is 3. The molecule has 0 spiro atoms. The fourth-order valence-electron chi connectivity index (χ4n) is 5.71. The van der Waals surface area contributed by atoms with E-state index in [0.29, 0.717) is 44.8 Å². The molecule has 42 heavy (non-hydrogen) atoms. The van der Waals surface area contributed by atoms with E-state index in [9.17, 15) is 0 Å². The predicted octanol–water partition coefficient (Wildman–Crippen LogP) is 7.80. The van der Waals surface area contributed by atoms with Gasteiger partial charge in [-0.1, -0.05) is 40.5 Å². The van der Waals surface area contributed by atoms with Crippen LogP contribution in [0.15, 0.2) is 59.3 Å². The molecule has 0 aliphatic carbocycles. The van der Waals surface area contributed by atoms with Gasteiger partial charge in [0.1, 0.15) is 29.9 Å². The van der Waals surface area contributed by atoms with Crippen LogP contribution >= 0.6 is 23.2 Å². The van der Waals surface area contributed by atoms with Crippen LogP contribution in [-0.4, -0.2) is 36.9 Å². The summed E-state index contributed by atoms with van der Waals surface area (Å²) in [7, 11) is 1.71. The molecule has 0 N–H and O–H groups in total. The number of anilines is 1. The smallest absolute Gasteiger partial charge is 0.180 e. The van der Waals surface area contributed by atoms with Crippen LogP contribution in [0.3, 0.4) is 0 Å². The lowest BCUT2D eigenvalue weighted by atomic mass is 9.78. The van der Waals surface area contributed by atoms with E-state index < -0.39 is 5.67 Å². The van der Waals surface area contributed by atoms with E-state index in [-0.39, 0.29) is 17.8 Å². The zero-order chi connectivity index (χ0) is 30.1. The normalized spacial score (nSPS) is 17.0. The van der Waals surface area contributed by atoms with Crippen molar-refractivity contribution < 1.29 is 18.4 Å². The van der Waals surface area contributed by atoms with Crippen LogP contribution in [0.5, 0.6) is 5.75 Å². The van der Waals surface area contributed by atoms with E-state index in [4.69, 9.17) is 42.5 Å². The minimum atomic E-state index is -1.80. The van der Waals surface area contributed by atoms with Crippen LogP contribution < -0.4 is 9.64 Å². The molecule has 0 bridgehead atoms. The molecular weight excluding hydrogens is 578 g/mol. The number of aromatic nitrogens is 2. The van der Waals surface area contributed by atoms with Gasteiger partial charge < -0.3 is 18.9 Å². The van der Waals surface area contributed by atoms with Gasteiger partial charge in [0.15, 0.2) is 11.4 Å². The molecule has 0 amide bonds. The average molecular weight is 610 g/mol. The molecule has 3 heterocycles. The van der Waals surface area contributed by atoms with Crippen LogP contribution in [0.25, 0.3) is 11.3 Å². The van der Waals surface area contributed by atoms with Crippen molar-refractivity contribution in [3.63, 3.8) is 0 Å². The van der Waals surface area contributed by atoms with Crippen molar-refractivity contribution in [2.45, 2.75) is 44.9 Å². The Hall–Kier alpha value is -3.64. The molecule has 218 valence electrons. The highest BCUT2D eigenvalue weighted by molar-refractivity contribution is 6.39. The number of alkyl halides is 1. The number of nitriles is 1. The molecule has 1 unspecified atom stereocenters. The lowest BCUT2D eigenvalue weighted by molar-refractivity contribution is 0.138. The number of methoxy groups -OCH3 is 1. The summed E-state index contributed by atoms with van der Waals surface area (Å²) in [4.78, 5) is 6.71. The maximum atomic E-state index is 15.1. The second-order valence-corrected chi connectivity index (χ2v) is 11.9. The summed E-state index contributed by atoms with van der Waals surface area (Å²) < 4.78 is 32.5. The van der Waals surface area contributed by atoms with E-state index in [0.717, 1.165) is 36.5 Å². The standard InChI is InChI=1S/C32H31Cl2FN4O3/c1-20-14-22(41-17-23-29(38-42-30(23)31(2,3)35)28-25(33)6-5-7-26(28)34)9-10-24(20)32(19-40-4)12-13-39(18-32)27-11-8-21(15-36)16-37-27/h5-11,14,16H,12-13,17-19H2,1-4H3. The maximum Gasteiger partial charge on any atom is 0.180 e. The number of benzene rings is 2. The van der Waals surface area contributed by atoms with Crippen LogP contribution in [0.2, 0.25) is 10.0 Å². The van der Waals surface area contributed by atoms with Gasteiger partial charge >= 0.3 is 0 Å². The molecule has 0 saturated carbocycles. The van der Waals surface area contributed by atoms with Crippen molar-refractivity contribution >= 4 is 29.0 Å². The molecule has 7 nitrogen and oxygen atoms in total. The Bertz CT molecular complexity index is 1610. The van der Waals surface area contributed by atoms with E-state index in [1.54, 1.807) is 37.6 Å². The van der Waals surface area contributed by atoms with Crippen molar-refractivity contribution in [3.8, 4) is 23.1 Å². The Morgan fingerprint density at radius 3 is 2.55 bits per heavy atom. The Morgan fingerprint density at radius 1 is 1.17 bits per heavy atom. The molecule has 1 saturated heterocycles. The van der Waals surface area contributed by atoms with Crippen molar-refractivity contribution in [2.24, 2.45) is 0 Å². The van der Waals surface area contributed by atoms with Gasteiger partial charge in [0.25, 0.3) is 0 Å². The van der Waals surface area contributed by atoms with Gasteiger partial charge in [0.2, 0.25) is 0 Å². The summed E-state index contributed by atoms with van der Waals surface area (Å²) in [6, 6.07) is 16.9. The monoisotopic (exact) mass is 608 g/mol. The zero-order valence-corrected chi connectivity index (χ0v) is 25.4. The first-order chi connectivity index (χ1) is 20.1. The molecule has 1 atom stereocenters. The van der Waals surface area contributed by atoms with Gasteiger partial charge in [-0.05, 0) is 74.7 Å². The predicted molar refractivity (Wildman–Crippen MR) is 161 cm³/mol. The van der Waals surface area contributed by atoms with Gasteiger partial charge in [-0.15, -0.1) is 0 Å². The van der Waals surface area contributed by atoms with Crippen molar-refractivity contribution in [3.05, 3.63) is 92.8 Å². The van der Waals surface area contributed by atoms with Crippen molar-refractivity contribution in [1.82, 2.24) is 10.1 Å². The first kappa shape index (κ1) is 29.8. The number of rotatable bonds is 9. The fraction of sp³-hybridized carbons (Fsp3) is 0.344. The molecule has 1 aliphatic heterocycles. The Morgan fingerprint density at radius 2 is 1.93 bits per heavy atom. The topological polar surface area (TPSA) is 84.4 Å². The number of aryl methyl sites for hydroxylation is 1. The van der Waals surface area contributed by atoms with Gasteiger partial charge in [0.05, 0.1) is 27.8 Å². The van der Waals surface area contributed by atoms with Gasteiger partial charge in [-0.25, -0.2) is 9.37 Å². The highest BCUT2D eigenvalue weighted by atomic mass is 35.5. The number of nitrogens with zero attached hydrogens (tertiary/aromatic N) is 4. The van der Waals surface area contributed by atoms with Gasteiger partial charge in [-0.3, -0.25) is 0 Å². The van der Waals surface area contributed by atoms with E-state index >= 15 is 4.39 Å². The minimum absolute atomic E-state index is 0.00318. The van der Waals surface area contributed by atoms with E-state index in [1.807, 2.05) is 25.1 Å². The van der Waals surface area contributed by atoms with Crippen molar-refractivity contribution in [2.75, 3.05) is 31.7 Å². The van der Waals surface area contributed by atoms with Crippen LogP contribution in [0.4, 0.5) is 10.2 Å². The Balaban J connectivity index is 1.41. The lowest BCUT2D eigenvalue weighted by Crippen LogP contribution is -2.36. The number of hydrogen-bond donors (Lipinski definition) is 0. The summed E-state index contributed by atoms with van der Waals surface area (Å²) in [5, 5.41) is 14.0. The van der Waals surface area contributed by atoms with Crippen LogP contribution in [0, 0.1) is 18.3 Å². The third-order valence-electron chi connectivity index (χ3n) is 7.66. The number of hydrogen-bond acceptors (Lipinski definition) is 7. The van der Waals surface area contributed by atoms with Crippen molar-refractivity contribution in [1.29, 1.82) is 5.26 Å². The summed E-state index contributed by atoms with van der Waals surface area (Å²) >= 11 is 12.9. The Labute approximate surface area is 254 Å². The minimum Gasteiger partial charge on any atom is -0.489 e. The van der Waals surface area contributed by atoms with Crippen LogP contribution in [-0.2, 0) is 22.4 Å². The molecule has 4 aromatic rings. The molecule has 0 radical (unpaired) electrons. The third-order valence-corrected chi connectivity index (χ3v) is 8.29. The molecular formula is C32H31Cl2FN4O3. The highest BCUT2D eigenvalue weighted by Crippen LogP contribution is 2.42. The molecule has 1 fully saturated rings. The van der Waals surface area contributed by atoms with Gasteiger partial charge in [0, 0.05) is 37.4 Å². The highest BCUT2D eigenvalue weighted by Gasteiger charge is 2.41. The Kier molecular flexibility index (Phi) is 8.47. The summed E-state index contributed by atoms with van der Waals surface area (Å²) in [5.41, 5.74) is 1.94. The van der Waals surface area contributed by atoms with E-state index in [2.05, 4.69) is 27.2 Å².